The van der Waals surface area contributed by atoms with Crippen LogP contribution in [0.5, 0.6) is 0 Å². The van der Waals surface area contributed by atoms with Gasteiger partial charge in [0.1, 0.15) is 5.58 Å². The number of amides is 2. The number of nitrogens with one attached hydrogen (secondary N) is 1. The van der Waals surface area contributed by atoms with Crippen LogP contribution in [-0.2, 0) is 11.2 Å². The molecule has 2 heterocycles. The Hall–Kier alpha value is -2.83. The molecule has 29 heavy (non-hydrogen) atoms. The number of rotatable bonds is 5. The summed E-state index contributed by atoms with van der Waals surface area (Å²) in [7, 11) is 0. The number of hydrogen-bond acceptors (Lipinski definition) is 4. The number of anilines is 1. The number of nitrogens with zero attached hydrogens (tertiary/aromatic N) is 1. The molecule has 7 heteroatoms. The van der Waals surface area contributed by atoms with Crippen molar-refractivity contribution in [3.8, 4) is 0 Å². The van der Waals surface area contributed by atoms with Gasteiger partial charge in [-0.05, 0) is 54.8 Å². The Balaban J connectivity index is 1.48. The first-order valence-electron chi connectivity index (χ1n) is 9.53. The Morgan fingerprint density at radius 1 is 1.21 bits per heavy atom. The van der Waals surface area contributed by atoms with Gasteiger partial charge in [0.2, 0.25) is 5.91 Å². The van der Waals surface area contributed by atoms with Gasteiger partial charge in [-0.1, -0.05) is 23.7 Å². The minimum atomic E-state index is -0.218. The molecule has 3 aromatic rings. The van der Waals surface area contributed by atoms with Gasteiger partial charge in [-0.2, -0.15) is 0 Å². The van der Waals surface area contributed by atoms with E-state index in [1.165, 1.54) is 0 Å². The van der Waals surface area contributed by atoms with Crippen LogP contribution in [0, 0.1) is 0 Å². The van der Waals surface area contributed by atoms with E-state index in [1.807, 2.05) is 12.1 Å². The number of fused-ring (bicyclic) bond motifs is 1. The van der Waals surface area contributed by atoms with E-state index in [9.17, 15) is 14.7 Å². The number of benzene rings is 2. The van der Waals surface area contributed by atoms with Crippen LogP contribution >= 0.6 is 11.6 Å². The molecule has 1 saturated heterocycles. The molecular weight excluding hydrogens is 392 g/mol. The Labute approximate surface area is 173 Å². The third kappa shape index (κ3) is 4.28. The number of aliphatic hydroxyl groups excluding tert-OH is 1. The molecule has 1 aliphatic heterocycles. The lowest BCUT2D eigenvalue weighted by Crippen LogP contribution is -2.37. The van der Waals surface area contributed by atoms with Crippen molar-refractivity contribution < 1.29 is 19.1 Å². The summed E-state index contributed by atoms with van der Waals surface area (Å²) in [5, 5.41) is 13.6. The third-order valence-electron chi connectivity index (χ3n) is 5.11. The zero-order valence-corrected chi connectivity index (χ0v) is 16.5. The molecule has 0 bridgehead atoms. The number of halogens is 1. The van der Waals surface area contributed by atoms with Crippen LogP contribution in [0.1, 0.15) is 29.0 Å². The van der Waals surface area contributed by atoms with Crippen molar-refractivity contribution in [2.45, 2.75) is 25.3 Å². The molecule has 2 N–H and O–H groups in total. The molecule has 1 fully saturated rings. The van der Waals surface area contributed by atoms with Crippen molar-refractivity contribution in [3.63, 3.8) is 0 Å². The normalized spacial score (nSPS) is 16.3. The average molecular weight is 413 g/mol. The van der Waals surface area contributed by atoms with Gasteiger partial charge < -0.3 is 19.7 Å². The second kappa shape index (κ2) is 8.27. The fourth-order valence-corrected chi connectivity index (χ4v) is 3.91. The van der Waals surface area contributed by atoms with Crippen LogP contribution in [0.15, 0.2) is 52.9 Å². The maximum atomic E-state index is 12.7. The monoisotopic (exact) mass is 412 g/mol. The Morgan fingerprint density at radius 2 is 2.07 bits per heavy atom. The van der Waals surface area contributed by atoms with Gasteiger partial charge in [-0.25, -0.2) is 0 Å². The summed E-state index contributed by atoms with van der Waals surface area (Å²) in [6.07, 6.45) is 1.89. The first-order valence-corrected chi connectivity index (χ1v) is 9.91. The van der Waals surface area contributed by atoms with Crippen LogP contribution in [0.3, 0.4) is 0 Å². The van der Waals surface area contributed by atoms with Gasteiger partial charge in [0.05, 0.1) is 19.1 Å². The van der Waals surface area contributed by atoms with E-state index in [0.717, 1.165) is 23.8 Å². The minimum absolute atomic E-state index is 0.0469. The van der Waals surface area contributed by atoms with Crippen molar-refractivity contribution in [1.82, 2.24) is 4.90 Å². The largest absolute Gasteiger partial charge is 0.451 e. The summed E-state index contributed by atoms with van der Waals surface area (Å²) in [5.41, 5.74) is 2.02. The van der Waals surface area contributed by atoms with Gasteiger partial charge in [-0.3, -0.25) is 9.59 Å². The summed E-state index contributed by atoms with van der Waals surface area (Å²) >= 11 is 5.96. The quantitative estimate of drug-likeness (QED) is 0.666. The Morgan fingerprint density at radius 3 is 2.86 bits per heavy atom. The van der Waals surface area contributed by atoms with Crippen LogP contribution in [-0.4, -0.2) is 41.0 Å². The Bertz CT molecular complexity index is 1060. The molecule has 2 aromatic carbocycles. The van der Waals surface area contributed by atoms with Gasteiger partial charge in [0, 0.05) is 22.6 Å². The summed E-state index contributed by atoms with van der Waals surface area (Å²) < 4.78 is 5.70. The summed E-state index contributed by atoms with van der Waals surface area (Å²) in [6.45, 7) is 0.570. The summed E-state index contributed by atoms with van der Waals surface area (Å²) in [4.78, 5) is 26.7. The highest BCUT2D eigenvalue weighted by molar-refractivity contribution is 6.30. The lowest BCUT2D eigenvalue weighted by Gasteiger charge is -2.21. The SMILES string of the molecule is O=C(Cc1cccc(Cl)c1)Nc1ccc2oc(C(=O)N3CCC[C@H]3CO)cc2c1. The lowest BCUT2D eigenvalue weighted by molar-refractivity contribution is -0.115. The third-order valence-corrected chi connectivity index (χ3v) is 5.35. The van der Waals surface area contributed by atoms with E-state index in [4.69, 9.17) is 16.0 Å². The van der Waals surface area contributed by atoms with Crippen molar-refractivity contribution in [1.29, 1.82) is 0 Å². The lowest BCUT2D eigenvalue weighted by atomic mass is 10.1. The Kier molecular flexibility index (Phi) is 5.56. The molecule has 1 aliphatic rings. The summed E-state index contributed by atoms with van der Waals surface area (Å²) in [6, 6.07) is 13.9. The van der Waals surface area contributed by atoms with Crippen LogP contribution in [0.25, 0.3) is 11.0 Å². The number of furan rings is 1. The number of aliphatic hydroxyl groups is 1. The van der Waals surface area contributed by atoms with E-state index in [-0.39, 0.29) is 36.6 Å². The van der Waals surface area contributed by atoms with E-state index in [0.29, 0.717) is 22.8 Å². The van der Waals surface area contributed by atoms with Crippen molar-refractivity contribution in [2.75, 3.05) is 18.5 Å². The maximum Gasteiger partial charge on any atom is 0.289 e. The highest BCUT2D eigenvalue weighted by Crippen LogP contribution is 2.26. The van der Waals surface area contributed by atoms with Crippen LogP contribution in [0.4, 0.5) is 5.69 Å². The molecule has 0 saturated carbocycles. The summed E-state index contributed by atoms with van der Waals surface area (Å²) in [5.74, 6) is -0.138. The second-order valence-corrected chi connectivity index (χ2v) is 7.63. The van der Waals surface area contributed by atoms with Crippen molar-refractivity contribution >= 4 is 40.1 Å². The predicted octanol–water partition coefficient (Wildman–Crippen LogP) is 3.86. The molecule has 0 unspecified atom stereocenters. The molecule has 150 valence electrons. The van der Waals surface area contributed by atoms with Crippen LogP contribution < -0.4 is 5.32 Å². The molecule has 1 atom stereocenters. The zero-order chi connectivity index (χ0) is 20.4. The molecule has 2 amide bonds. The first-order chi connectivity index (χ1) is 14.0. The fraction of sp³-hybridized carbons (Fsp3) is 0.273. The molecule has 6 nitrogen and oxygen atoms in total. The second-order valence-electron chi connectivity index (χ2n) is 7.20. The zero-order valence-electron chi connectivity index (χ0n) is 15.7. The van der Waals surface area contributed by atoms with E-state index in [2.05, 4.69) is 5.32 Å². The number of likely N-dealkylation sites (tertiary alicyclic amines) is 1. The van der Waals surface area contributed by atoms with Gasteiger partial charge in [0.15, 0.2) is 5.76 Å². The average Bonchev–Trinajstić information content (AvgIpc) is 3.33. The molecule has 0 spiro atoms. The van der Waals surface area contributed by atoms with E-state index < -0.39 is 0 Å². The highest BCUT2D eigenvalue weighted by atomic mass is 35.5. The van der Waals surface area contributed by atoms with Crippen molar-refractivity contribution in [3.05, 3.63) is 64.9 Å². The molecule has 0 aliphatic carbocycles. The van der Waals surface area contributed by atoms with E-state index >= 15 is 0 Å². The smallest absolute Gasteiger partial charge is 0.289 e. The highest BCUT2D eigenvalue weighted by Gasteiger charge is 2.30. The molecule has 1 aromatic heterocycles. The molecule has 4 rings (SSSR count). The van der Waals surface area contributed by atoms with Gasteiger partial charge >= 0.3 is 0 Å². The van der Waals surface area contributed by atoms with Crippen LogP contribution in [0.2, 0.25) is 5.02 Å². The van der Waals surface area contributed by atoms with E-state index in [1.54, 1.807) is 41.3 Å². The van der Waals surface area contributed by atoms with Gasteiger partial charge in [-0.15, -0.1) is 0 Å². The standard InChI is InChI=1S/C22H21ClN2O4/c23-16-4-1-3-14(9-16)10-21(27)24-17-6-7-19-15(11-17)12-20(29-19)22(28)25-8-2-5-18(25)13-26/h1,3-4,6-7,9,11-12,18,26H,2,5,8,10,13H2,(H,24,27)/t18-/m0/s1. The van der Waals surface area contributed by atoms with Gasteiger partial charge in [0.25, 0.3) is 5.91 Å². The predicted molar refractivity (Wildman–Crippen MR) is 111 cm³/mol. The number of hydrogen-bond donors (Lipinski definition) is 2. The number of carbonyl (C=O) groups is 2. The molecular formula is C22H21ClN2O4. The minimum Gasteiger partial charge on any atom is -0.451 e. The number of carbonyl (C=O) groups excluding carboxylic acids is 2. The fourth-order valence-electron chi connectivity index (χ4n) is 3.70. The topological polar surface area (TPSA) is 82.8 Å². The first kappa shape index (κ1) is 19.5. The van der Waals surface area contributed by atoms with Crippen molar-refractivity contribution in [2.24, 2.45) is 0 Å². The maximum absolute atomic E-state index is 12.7. The molecule has 0 radical (unpaired) electrons.